The lowest BCUT2D eigenvalue weighted by Gasteiger charge is -2.28. The van der Waals surface area contributed by atoms with Gasteiger partial charge < -0.3 is 5.32 Å². The molecule has 1 N–H and O–H groups in total. The molecule has 1 aliphatic rings. The summed E-state index contributed by atoms with van der Waals surface area (Å²) in [6.07, 6.45) is 6.26. The number of hydrogen-bond donors (Lipinski definition) is 1. The van der Waals surface area contributed by atoms with Crippen molar-refractivity contribution < 1.29 is 4.39 Å². The van der Waals surface area contributed by atoms with Crippen molar-refractivity contribution in [3.8, 4) is 0 Å². The molecule has 1 fully saturated rings. The van der Waals surface area contributed by atoms with Gasteiger partial charge in [0.1, 0.15) is 5.82 Å². The Morgan fingerprint density at radius 2 is 1.90 bits per heavy atom. The molecule has 1 aliphatic carbocycles. The smallest absolute Gasteiger partial charge is 0.142 e. The van der Waals surface area contributed by atoms with E-state index in [0.717, 1.165) is 6.42 Å². The van der Waals surface area contributed by atoms with E-state index in [1.165, 1.54) is 31.7 Å². The Morgan fingerprint density at radius 1 is 1.20 bits per heavy atom. The van der Waals surface area contributed by atoms with Gasteiger partial charge in [-0.05, 0) is 37.8 Å². The zero-order valence-electron chi connectivity index (χ0n) is 12.1. The third kappa shape index (κ3) is 3.66. The van der Waals surface area contributed by atoms with Crippen LogP contribution in [0.3, 0.4) is 0 Å². The third-order valence-electron chi connectivity index (χ3n) is 4.34. The SMILES string of the molecule is CC(NC1CCCCCC1C)c1c(Cl)ccc(F)c1Cl. The second kappa shape index (κ2) is 7.11. The van der Waals surface area contributed by atoms with Crippen LogP contribution >= 0.6 is 23.2 Å². The molecule has 1 aromatic carbocycles. The van der Waals surface area contributed by atoms with Crippen LogP contribution in [0.15, 0.2) is 12.1 Å². The summed E-state index contributed by atoms with van der Waals surface area (Å²) in [6.45, 7) is 4.29. The Bertz CT molecular complexity index is 464. The molecule has 3 atom stereocenters. The molecule has 0 aliphatic heterocycles. The molecular formula is C16H22Cl2FN. The van der Waals surface area contributed by atoms with Crippen molar-refractivity contribution in [2.75, 3.05) is 0 Å². The summed E-state index contributed by atoms with van der Waals surface area (Å²) in [4.78, 5) is 0. The molecule has 0 saturated heterocycles. The van der Waals surface area contributed by atoms with Gasteiger partial charge in [-0.1, -0.05) is 49.4 Å². The fourth-order valence-electron chi connectivity index (χ4n) is 3.08. The van der Waals surface area contributed by atoms with Gasteiger partial charge in [-0.15, -0.1) is 0 Å². The van der Waals surface area contributed by atoms with Crippen molar-refractivity contribution in [1.29, 1.82) is 0 Å². The van der Waals surface area contributed by atoms with Gasteiger partial charge in [0.15, 0.2) is 0 Å². The van der Waals surface area contributed by atoms with Crippen LogP contribution in [0.25, 0.3) is 0 Å². The van der Waals surface area contributed by atoms with E-state index in [1.54, 1.807) is 6.07 Å². The maximum Gasteiger partial charge on any atom is 0.142 e. The summed E-state index contributed by atoms with van der Waals surface area (Å²) in [7, 11) is 0. The van der Waals surface area contributed by atoms with Gasteiger partial charge in [-0.2, -0.15) is 0 Å². The van der Waals surface area contributed by atoms with Gasteiger partial charge in [-0.3, -0.25) is 0 Å². The highest BCUT2D eigenvalue weighted by Crippen LogP contribution is 2.34. The zero-order chi connectivity index (χ0) is 14.7. The summed E-state index contributed by atoms with van der Waals surface area (Å²) >= 11 is 12.3. The number of benzene rings is 1. The van der Waals surface area contributed by atoms with Crippen LogP contribution in [0.2, 0.25) is 10.0 Å². The van der Waals surface area contributed by atoms with Crippen molar-refractivity contribution in [3.05, 3.63) is 33.6 Å². The molecule has 0 aromatic heterocycles. The third-order valence-corrected chi connectivity index (χ3v) is 5.05. The fraction of sp³-hybridized carbons (Fsp3) is 0.625. The molecule has 0 bridgehead atoms. The highest BCUT2D eigenvalue weighted by Gasteiger charge is 2.24. The Kier molecular flexibility index (Phi) is 5.71. The number of nitrogens with one attached hydrogen (secondary N) is 1. The van der Waals surface area contributed by atoms with E-state index in [1.807, 2.05) is 6.92 Å². The lowest BCUT2D eigenvalue weighted by atomic mass is 9.95. The maximum atomic E-state index is 13.6. The molecule has 112 valence electrons. The molecule has 1 nitrogen and oxygen atoms in total. The largest absolute Gasteiger partial charge is 0.307 e. The molecular weight excluding hydrogens is 296 g/mol. The summed E-state index contributed by atoms with van der Waals surface area (Å²) in [5, 5.41) is 4.26. The molecule has 4 heteroatoms. The monoisotopic (exact) mass is 317 g/mol. The van der Waals surface area contributed by atoms with Crippen LogP contribution in [-0.2, 0) is 0 Å². The average molecular weight is 318 g/mol. The first-order valence-corrected chi connectivity index (χ1v) is 8.15. The Hall–Kier alpha value is -0.310. The second-order valence-corrected chi connectivity index (χ2v) is 6.65. The van der Waals surface area contributed by atoms with Crippen LogP contribution < -0.4 is 5.32 Å². The number of halogens is 3. The van der Waals surface area contributed by atoms with Crippen LogP contribution in [0.4, 0.5) is 4.39 Å². The summed E-state index contributed by atoms with van der Waals surface area (Å²) in [5.41, 5.74) is 0.671. The van der Waals surface area contributed by atoms with Crippen molar-refractivity contribution in [2.24, 2.45) is 5.92 Å². The first-order valence-electron chi connectivity index (χ1n) is 7.40. The second-order valence-electron chi connectivity index (χ2n) is 5.87. The predicted octanol–water partition coefficient (Wildman–Crippen LogP) is 5.75. The van der Waals surface area contributed by atoms with Crippen LogP contribution in [0.1, 0.15) is 57.6 Å². The lowest BCUT2D eigenvalue weighted by molar-refractivity contribution is 0.330. The van der Waals surface area contributed by atoms with Crippen molar-refractivity contribution in [1.82, 2.24) is 5.32 Å². The highest BCUT2D eigenvalue weighted by molar-refractivity contribution is 6.36. The standard InChI is InChI=1S/C16H22Cl2FN/c1-10-6-4-3-5-7-14(10)20-11(2)15-12(17)8-9-13(19)16(15)18/h8-11,14,20H,3-7H2,1-2H3. The Morgan fingerprint density at radius 3 is 2.65 bits per heavy atom. The molecule has 0 amide bonds. The molecule has 1 saturated carbocycles. The minimum Gasteiger partial charge on any atom is -0.307 e. The van der Waals surface area contributed by atoms with E-state index < -0.39 is 5.82 Å². The minimum atomic E-state index is -0.409. The summed E-state index contributed by atoms with van der Waals surface area (Å²) in [5.74, 6) is 0.222. The summed E-state index contributed by atoms with van der Waals surface area (Å²) in [6, 6.07) is 3.29. The minimum absolute atomic E-state index is 0.0451. The molecule has 0 heterocycles. The molecule has 1 aromatic rings. The van der Waals surface area contributed by atoms with Gasteiger partial charge in [-0.25, -0.2) is 4.39 Å². The van der Waals surface area contributed by atoms with Gasteiger partial charge in [0, 0.05) is 22.7 Å². The molecule has 3 unspecified atom stereocenters. The van der Waals surface area contributed by atoms with Crippen LogP contribution in [0, 0.1) is 11.7 Å². The Balaban J connectivity index is 2.15. The Labute approximate surface area is 130 Å². The van der Waals surface area contributed by atoms with Crippen molar-refractivity contribution >= 4 is 23.2 Å². The van der Waals surface area contributed by atoms with Gasteiger partial charge in [0.25, 0.3) is 0 Å². The summed E-state index contributed by atoms with van der Waals surface area (Å²) < 4.78 is 13.6. The van der Waals surface area contributed by atoms with E-state index >= 15 is 0 Å². The van der Waals surface area contributed by atoms with E-state index in [9.17, 15) is 4.39 Å². The van der Waals surface area contributed by atoms with Crippen LogP contribution in [0.5, 0.6) is 0 Å². The zero-order valence-corrected chi connectivity index (χ0v) is 13.6. The van der Waals surface area contributed by atoms with Gasteiger partial charge in [0.2, 0.25) is 0 Å². The average Bonchev–Trinajstić information content (AvgIpc) is 2.60. The van der Waals surface area contributed by atoms with E-state index in [0.29, 0.717) is 22.5 Å². The van der Waals surface area contributed by atoms with Crippen molar-refractivity contribution in [3.63, 3.8) is 0 Å². The van der Waals surface area contributed by atoms with E-state index in [4.69, 9.17) is 23.2 Å². The van der Waals surface area contributed by atoms with E-state index in [-0.39, 0.29) is 11.1 Å². The van der Waals surface area contributed by atoms with Gasteiger partial charge in [0.05, 0.1) is 5.02 Å². The van der Waals surface area contributed by atoms with Gasteiger partial charge >= 0.3 is 0 Å². The predicted molar refractivity (Wildman–Crippen MR) is 84.0 cm³/mol. The fourth-order valence-corrected chi connectivity index (χ4v) is 3.78. The topological polar surface area (TPSA) is 12.0 Å². The number of hydrogen-bond acceptors (Lipinski definition) is 1. The molecule has 20 heavy (non-hydrogen) atoms. The molecule has 2 rings (SSSR count). The number of rotatable bonds is 3. The highest BCUT2D eigenvalue weighted by atomic mass is 35.5. The quantitative estimate of drug-likeness (QED) is 0.552. The first-order chi connectivity index (χ1) is 9.50. The van der Waals surface area contributed by atoms with Crippen LogP contribution in [-0.4, -0.2) is 6.04 Å². The van der Waals surface area contributed by atoms with E-state index in [2.05, 4.69) is 12.2 Å². The maximum absolute atomic E-state index is 13.6. The normalized spacial score (nSPS) is 25.2. The first kappa shape index (κ1) is 16.1. The molecule has 0 radical (unpaired) electrons. The lowest BCUT2D eigenvalue weighted by Crippen LogP contribution is -2.36. The molecule has 0 spiro atoms. The van der Waals surface area contributed by atoms with Crippen molar-refractivity contribution in [2.45, 2.75) is 58.0 Å².